The lowest BCUT2D eigenvalue weighted by atomic mass is 10.1. The summed E-state index contributed by atoms with van der Waals surface area (Å²) in [5.41, 5.74) is 0.748. The molecule has 0 bridgehead atoms. The molecule has 6 nitrogen and oxygen atoms in total. The summed E-state index contributed by atoms with van der Waals surface area (Å²) in [5, 5.41) is 9.65. The molecule has 1 heterocycles. The van der Waals surface area contributed by atoms with Gasteiger partial charge in [-0.1, -0.05) is 12.1 Å². The molecule has 0 aliphatic heterocycles. The Labute approximate surface area is 128 Å². The van der Waals surface area contributed by atoms with Crippen LogP contribution in [0.25, 0.3) is 0 Å². The maximum atomic E-state index is 13.0. The molecule has 1 aromatic heterocycles. The molecule has 118 valence electrons. The Hall–Kier alpha value is -2.28. The normalized spacial score (nSPS) is 12.4. The number of aryl methyl sites for hydroxylation is 1. The van der Waals surface area contributed by atoms with Crippen LogP contribution in [-0.2, 0) is 11.2 Å². The van der Waals surface area contributed by atoms with Gasteiger partial charge in [0.1, 0.15) is 17.7 Å². The lowest BCUT2D eigenvalue weighted by Crippen LogP contribution is -2.38. The maximum Gasteiger partial charge on any atom is 0.241 e. The fourth-order valence-corrected chi connectivity index (χ4v) is 2.22. The molecule has 0 unspecified atom stereocenters. The van der Waals surface area contributed by atoms with Gasteiger partial charge in [-0.2, -0.15) is 5.10 Å². The minimum atomic E-state index is -0.463. The van der Waals surface area contributed by atoms with Crippen molar-refractivity contribution in [3.8, 4) is 0 Å². The smallest absolute Gasteiger partial charge is 0.241 e. The van der Waals surface area contributed by atoms with E-state index in [0.29, 0.717) is 18.8 Å². The molecule has 1 amide bonds. The second-order valence-corrected chi connectivity index (χ2v) is 5.30. The summed E-state index contributed by atoms with van der Waals surface area (Å²) in [5.74, 6) is 0.963. The highest BCUT2D eigenvalue weighted by Crippen LogP contribution is 2.18. The van der Waals surface area contributed by atoms with Crippen LogP contribution >= 0.6 is 0 Å². The third-order valence-electron chi connectivity index (χ3n) is 3.24. The number of hydrogen-bond donors (Lipinski definition) is 2. The monoisotopic (exact) mass is 305 g/mol. The van der Waals surface area contributed by atoms with Gasteiger partial charge in [-0.3, -0.25) is 14.8 Å². The van der Waals surface area contributed by atoms with E-state index in [-0.39, 0.29) is 11.7 Å². The van der Waals surface area contributed by atoms with Crippen LogP contribution in [0.4, 0.5) is 4.39 Å². The van der Waals surface area contributed by atoms with E-state index < -0.39 is 6.04 Å². The molecule has 22 heavy (non-hydrogen) atoms. The molecule has 1 aromatic carbocycles. The van der Waals surface area contributed by atoms with Gasteiger partial charge in [-0.15, -0.1) is 0 Å². The molecule has 1 atom stereocenters. The van der Waals surface area contributed by atoms with Crippen LogP contribution in [0.2, 0.25) is 0 Å². The Morgan fingerprint density at radius 1 is 1.36 bits per heavy atom. The third-order valence-corrected chi connectivity index (χ3v) is 3.24. The van der Waals surface area contributed by atoms with Crippen LogP contribution in [0.3, 0.4) is 0 Å². The second kappa shape index (κ2) is 7.13. The van der Waals surface area contributed by atoms with Crippen molar-refractivity contribution >= 4 is 5.91 Å². The van der Waals surface area contributed by atoms with E-state index in [1.165, 1.54) is 12.1 Å². The number of carbonyl (C=O) groups is 1. The number of halogens is 1. The van der Waals surface area contributed by atoms with Crippen LogP contribution in [-0.4, -0.2) is 46.6 Å². The number of H-pyrrole nitrogens is 1. The fraction of sp³-hybridized carbons (Fsp3) is 0.400. The number of carbonyl (C=O) groups excluding carboxylic acids is 1. The van der Waals surface area contributed by atoms with Crippen LogP contribution < -0.4 is 5.32 Å². The number of amides is 1. The summed E-state index contributed by atoms with van der Waals surface area (Å²) in [6, 6.07) is 5.50. The van der Waals surface area contributed by atoms with E-state index in [9.17, 15) is 9.18 Å². The van der Waals surface area contributed by atoms with Crippen molar-refractivity contribution in [3.05, 3.63) is 47.3 Å². The first-order valence-electron chi connectivity index (χ1n) is 7.05. The van der Waals surface area contributed by atoms with Crippen LogP contribution in [0.5, 0.6) is 0 Å². The zero-order valence-electron chi connectivity index (χ0n) is 12.9. The van der Waals surface area contributed by atoms with E-state index in [0.717, 1.165) is 11.4 Å². The van der Waals surface area contributed by atoms with Gasteiger partial charge in [-0.05, 0) is 38.7 Å². The van der Waals surface area contributed by atoms with Crippen molar-refractivity contribution in [2.24, 2.45) is 0 Å². The Balaban J connectivity index is 1.96. The molecule has 0 aliphatic rings. The quantitative estimate of drug-likeness (QED) is 0.841. The Bertz CT molecular complexity index is 623. The highest BCUT2D eigenvalue weighted by Gasteiger charge is 2.22. The Morgan fingerprint density at radius 3 is 2.59 bits per heavy atom. The average Bonchev–Trinajstić information content (AvgIpc) is 2.86. The summed E-state index contributed by atoms with van der Waals surface area (Å²) in [7, 11) is 3.62. The molecule has 0 saturated carbocycles. The van der Waals surface area contributed by atoms with E-state index >= 15 is 0 Å². The predicted molar refractivity (Wildman–Crippen MR) is 80.7 cm³/mol. The molecule has 2 N–H and O–H groups in total. The summed E-state index contributed by atoms with van der Waals surface area (Å²) >= 11 is 0. The van der Waals surface area contributed by atoms with Crippen molar-refractivity contribution in [1.82, 2.24) is 25.4 Å². The minimum absolute atomic E-state index is 0.135. The van der Waals surface area contributed by atoms with Crippen molar-refractivity contribution in [1.29, 1.82) is 0 Å². The lowest BCUT2D eigenvalue weighted by molar-refractivity contribution is -0.125. The van der Waals surface area contributed by atoms with Crippen LogP contribution in [0, 0.1) is 12.7 Å². The summed E-state index contributed by atoms with van der Waals surface area (Å²) in [6.45, 7) is 2.27. The molecule has 0 saturated heterocycles. The minimum Gasteiger partial charge on any atom is -0.354 e. The summed E-state index contributed by atoms with van der Waals surface area (Å²) in [4.78, 5) is 18.3. The number of nitrogens with one attached hydrogen (secondary N) is 2. The first-order valence-corrected chi connectivity index (χ1v) is 7.05. The Morgan fingerprint density at radius 2 is 2.05 bits per heavy atom. The SMILES string of the molecule is Cc1nc(CCNC(=O)[C@@H](c2ccc(F)cc2)N(C)C)n[nH]1. The first-order chi connectivity index (χ1) is 10.5. The highest BCUT2D eigenvalue weighted by molar-refractivity contribution is 5.83. The highest BCUT2D eigenvalue weighted by atomic mass is 19.1. The molecular formula is C15H20FN5O. The molecular weight excluding hydrogens is 285 g/mol. The molecule has 0 fully saturated rings. The summed E-state index contributed by atoms with van der Waals surface area (Å²) < 4.78 is 13.0. The second-order valence-electron chi connectivity index (χ2n) is 5.30. The largest absolute Gasteiger partial charge is 0.354 e. The van der Waals surface area contributed by atoms with Crippen LogP contribution in [0.1, 0.15) is 23.3 Å². The zero-order valence-corrected chi connectivity index (χ0v) is 12.9. The molecule has 0 spiro atoms. The number of aromatic amines is 1. The topological polar surface area (TPSA) is 73.9 Å². The lowest BCUT2D eigenvalue weighted by Gasteiger charge is -2.23. The van der Waals surface area contributed by atoms with Crippen molar-refractivity contribution < 1.29 is 9.18 Å². The van der Waals surface area contributed by atoms with Gasteiger partial charge in [0.05, 0.1) is 0 Å². The van der Waals surface area contributed by atoms with Gasteiger partial charge in [0, 0.05) is 13.0 Å². The zero-order chi connectivity index (χ0) is 16.1. The van der Waals surface area contributed by atoms with Crippen molar-refractivity contribution in [2.45, 2.75) is 19.4 Å². The molecule has 2 aromatic rings. The first kappa shape index (κ1) is 16.1. The average molecular weight is 305 g/mol. The maximum absolute atomic E-state index is 13.0. The number of hydrogen-bond acceptors (Lipinski definition) is 4. The predicted octanol–water partition coefficient (Wildman–Crippen LogP) is 1.21. The van der Waals surface area contributed by atoms with Crippen molar-refractivity contribution in [3.63, 3.8) is 0 Å². The summed E-state index contributed by atoms with van der Waals surface area (Å²) in [6.07, 6.45) is 0.555. The molecule has 2 rings (SSSR count). The van der Waals surface area contributed by atoms with E-state index in [2.05, 4.69) is 20.5 Å². The van der Waals surface area contributed by atoms with Gasteiger partial charge in [0.15, 0.2) is 5.82 Å². The fourth-order valence-electron chi connectivity index (χ4n) is 2.22. The standard InChI is InChI=1S/C15H20FN5O/c1-10-18-13(20-19-10)8-9-17-15(22)14(21(2)3)11-4-6-12(16)7-5-11/h4-7,14H,8-9H2,1-3H3,(H,17,22)(H,18,19,20)/t14-/m1/s1. The van der Waals surface area contributed by atoms with Gasteiger partial charge in [0.25, 0.3) is 0 Å². The van der Waals surface area contributed by atoms with Crippen LogP contribution in [0.15, 0.2) is 24.3 Å². The Kier molecular flexibility index (Phi) is 5.21. The molecule has 0 aliphatic carbocycles. The molecule has 7 heteroatoms. The third kappa shape index (κ3) is 4.11. The number of nitrogens with zero attached hydrogens (tertiary/aromatic N) is 3. The van der Waals surface area contributed by atoms with E-state index in [1.54, 1.807) is 17.0 Å². The van der Waals surface area contributed by atoms with E-state index in [1.807, 2.05) is 21.0 Å². The number of rotatable bonds is 6. The van der Waals surface area contributed by atoms with Gasteiger partial charge in [-0.25, -0.2) is 9.37 Å². The van der Waals surface area contributed by atoms with Gasteiger partial charge in [0.2, 0.25) is 5.91 Å². The molecule has 0 radical (unpaired) electrons. The number of aromatic nitrogens is 3. The number of benzene rings is 1. The van der Waals surface area contributed by atoms with Gasteiger partial charge >= 0.3 is 0 Å². The van der Waals surface area contributed by atoms with Gasteiger partial charge < -0.3 is 5.32 Å². The van der Waals surface area contributed by atoms with E-state index in [4.69, 9.17) is 0 Å². The number of likely N-dealkylation sites (N-methyl/N-ethyl adjacent to an activating group) is 1. The van der Waals surface area contributed by atoms with Crippen molar-refractivity contribution in [2.75, 3.05) is 20.6 Å².